The molecule has 0 saturated carbocycles. The summed E-state index contributed by atoms with van der Waals surface area (Å²) in [6.45, 7) is 16.6. The van der Waals surface area contributed by atoms with E-state index in [9.17, 15) is 0 Å². The number of nitrogens with zero attached hydrogens (tertiary/aromatic N) is 3. The summed E-state index contributed by atoms with van der Waals surface area (Å²) in [5.74, 6) is 1.35. The Labute approximate surface area is 279 Å². The fraction of sp³-hybridized carbons (Fsp3) is 0.140. The summed E-state index contributed by atoms with van der Waals surface area (Å²) >= 11 is 0. The summed E-state index contributed by atoms with van der Waals surface area (Å²) in [6.07, 6.45) is 30.2. The van der Waals surface area contributed by atoms with Gasteiger partial charge in [-0.05, 0) is 81.7 Å². The molecule has 4 heteroatoms. The maximum absolute atomic E-state index is 4.48. The van der Waals surface area contributed by atoms with Gasteiger partial charge < -0.3 is 15.1 Å². The van der Waals surface area contributed by atoms with E-state index in [1.807, 2.05) is 30.5 Å². The van der Waals surface area contributed by atoms with Crippen LogP contribution in [0.3, 0.4) is 0 Å². The van der Waals surface area contributed by atoms with Crippen molar-refractivity contribution in [2.24, 2.45) is 5.92 Å². The molecule has 3 aromatic rings. The van der Waals surface area contributed by atoms with E-state index in [-0.39, 0.29) is 12.2 Å². The standard InChI is InChI=1S/C43H42N4/c1-6-8-17-40(31(3)4)46-29-33(20-19-32(46)5)13-9-14-34(12-7-2)37-15-10-16-38(28-37)35-21-23-36(24-22-35)39-25-26-42-45-43-41(47(42)30-39)18-11-27-44-43/h6-12,14-31,40,42H,1-2,5,13H2,3-4H3,(H,44,45)/b14-9-,17-8-,34-12+. The molecule has 0 saturated heterocycles. The van der Waals surface area contributed by atoms with Gasteiger partial charge in [0, 0.05) is 24.3 Å². The van der Waals surface area contributed by atoms with E-state index in [2.05, 4.69) is 169 Å². The number of hydrogen-bond donors (Lipinski definition) is 1. The van der Waals surface area contributed by atoms with Gasteiger partial charge >= 0.3 is 0 Å². The summed E-state index contributed by atoms with van der Waals surface area (Å²) in [6, 6.07) is 21.8. The minimum atomic E-state index is 0.102. The molecule has 0 bridgehead atoms. The SMILES string of the molecule is C=C/C=C\C(C(C)C)N1C=C(C/C=C\C(=C/C=C)c2cccc(-c3ccc(C4=CN5c6cccnc6NC5C=C4)cc3)c2)C=CC1=C. The molecule has 0 spiro atoms. The molecule has 0 radical (unpaired) electrons. The Bertz CT molecular complexity index is 1880. The fourth-order valence-corrected chi connectivity index (χ4v) is 6.18. The van der Waals surface area contributed by atoms with Crippen molar-refractivity contribution in [3.63, 3.8) is 0 Å². The Kier molecular flexibility index (Phi) is 9.49. The van der Waals surface area contributed by atoms with Gasteiger partial charge in [0.25, 0.3) is 0 Å². The first-order chi connectivity index (χ1) is 22.9. The molecule has 0 amide bonds. The molecule has 3 aliphatic rings. The number of pyridine rings is 1. The molecule has 4 nitrogen and oxygen atoms in total. The highest BCUT2D eigenvalue weighted by atomic mass is 15.3. The molecule has 6 rings (SSSR count). The normalized spacial score (nSPS) is 17.9. The van der Waals surface area contributed by atoms with Crippen molar-refractivity contribution in [3.05, 3.63) is 188 Å². The number of anilines is 2. The predicted molar refractivity (Wildman–Crippen MR) is 201 cm³/mol. The first-order valence-electron chi connectivity index (χ1n) is 16.2. The Hall–Kier alpha value is -5.61. The van der Waals surface area contributed by atoms with Gasteiger partial charge in [0.05, 0.1) is 11.7 Å². The second-order valence-electron chi connectivity index (χ2n) is 12.2. The van der Waals surface area contributed by atoms with Gasteiger partial charge in [0.2, 0.25) is 0 Å². The monoisotopic (exact) mass is 614 g/mol. The Morgan fingerprint density at radius 1 is 0.936 bits per heavy atom. The first-order valence-corrected chi connectivity index (χ1v) is 16.2. The highest BCUT2D eigenvalue weighted by Crippen LogP contribution is 2.37. The quantitative estimate of drug-likeness (QED) is 0.218. The molecule has 1 N–H and O–H groups in total. The predicted octanol–water partition coefficient (Wildman–Crippen LogP) is 10.5. The Morgan fingerprint density at radius 2 is 1.77 bits per heavy atom. The second kappa shape index (κ2) is 14.2. The van der Waals surface area contributed by atoms with Crippen LogP contribution in [0, 0.1) is 5.92 Å². The summed E-state index contributed by atoms with van der Waals surface area (Å²) in [5.41, 5.74) is 10.3. The first kappa shape index (κ1) is 31.4. The lowest BCUT2D eigenvalue weighted by Gasteiger charge is -2.34. The molecule has 1 aromatic heterocycles. The van der Waals surface area contributed by atoms with Crippen LogP contribution in [0.15, 0.2) is 177 Å². The molecule has 4 heterocycles. The average Bonchev–Trinajstić information content (AvgIpc) is 3.47. The van der Waals surface area contributed by atoms with E-state index < -0.39 is 0 Å². The van der Waals surface area contributed by atoms with Crippen LogP contribution in [0.25, 0.3) is 22.3 Å². The summed E-state index contributed by atoms with van der Waals surface area (Å²) in [5, 5.41) is 3.46. The summed E-state index contributed by atoms with van der Waals surface area (Å²) in [4.78, 5) is 8.98. The van der Waals surface area contributed by atoms with Crippen molar-refractivity contribution in [2.45, 2.75) is 32.5 Å². The van der Waals surface area contributed by atoms with Crippen LogP contribution in [0.2, 0.25) is 0 Å². The van der Waals surface area contributed by atoms with Gasteiger partial charge in [-0.3, -0.25) is 0 Å². The van der Waals surface area contributed by atoms with Gasteiger partial charge in [-0.2, -0.15) is 0 Å². The van der Waals surface area contributed by atoms with Crippen LogP contribution in [0.4, 0.5) is 11.5 Å². The van der Waals surface area contributed by atoms with Gasteiger partial charge in [0.1, 0.15) is 6.17 Å². The lowest BCUT2D eigenvalue weighted by Crippen LogP contribution is -2.33. The van der Waals surface area contributed by atoms with Crippen molar-refractivity contribution in [1.82, 2.24) is 9.88 Å². The third kappa shape index (κ3) is 6.97. The average molecular weight is 615 g/mol. The minimum Gasteiger partial charge on any atom is -0.345 e. The molecule has 47 heavy (non-hydrogen) atoms. The van der Waals surface area contributed by atoms with Crippen molar-refractivity contribution in [2.75, 3.05) is 10.2 Å². The third-order valence-corrected chi connectivity index (χ3v) is 8.66. The number of fused-ring (bicyclic) bond motifs is 3. The van der Waals surface area contributed by atoms with Crippen LogP contribution in [-0.2, 0) is 0 Å². The number of rotatable bonds is 11. The highest BCUT2D eigenvalue weighted by molar-refractivity contribution is 5.85. The van der Waals surface area contributed by atoms with Crippen molar-refractivity contribution < 1.29 is 0 Å². The van der Waals surface area contributed by atoms with Gasteiger partial charge in [0.15, 0.2) is 5.82 Å². The molecule has 234 valence electrons. The maximum atomic E-state index is 4.48. The van der Waals surface area contributed by atoms with Crippen molar-refractivity contribution >= 4 is 22.7 Å². The topological polar surface area (TPSA) is 31.4 Å². The van der Waals surface area contributed by atoms with Crippen LogP contribution in [0.5, 0.6) is 0 Å². The van der Waals surface area contributed by atoms with Gasteiger partial charge in [-0.1, -0.05) is 131 Å². The number of hydrogen-bond acceptors (Lipinski definition) is 4. The van der Waals surface area contributed by atoms with Gasteiger partial charge in [-0.25, -0.2) is 4.98 Å². The smallest absolute Gasteiger partial charge is 0.151 e. The maximum Gasteiger partial charge on any atom is 0.151 e. The van der Waals surface area contributed by atoms with E-state index in [4.69, 9.17) is 0 Å². The second-order valence-corrected chi connectivity index (χ2v) is 12.2. The van der Waals surface area contributed by atoms with E-state index in [1.165, 1.54) is 27.8 Å². The molecule has 3 aliphatic heterocycles. The molecule has 0 fully saturated rings. The van der Waals surface area contributed by atoms with Crippen LogP contribution < -0.4 is 10.2 Å². The molecule has 2 atom stereocenters. The largest absolute Gasteiger partial charge is 0.345 e. The van der Waals surface area contributed by atoms with E-state index in [1.54, 1.807) is 0 Å². The molecule has 2 aromatic carbocycles. The Balaban J connectivity index is 1.17. The fourth-order valence-electron chi connectivity index (χ4n) is 6.18. The van der Waals surface area contributed by atoms with Crippen LogP contribution in [0.1, 0.15) is 31.4 Å². The molecule has 2 unspecified atom stereocenters. The highest BCUT2D eigenvalue weighted by Gasteiger charge is 2.28. The molecule has 0 aliphatic carbocycles. The van der Waals surface area contributed by atoms with E-state index >= 15 is 0 Å². The lowest BCUT2D eigenvalue weighted by atomic mass is 9.96. The summed E-state index contributed by atoms with van der Waals surface area (Å²) < 4.78 is 0. The van der Waals surface area contributed by atoms with E-state index in [0.717, 1.165) is 34.8 Å². The summed E-state index contributed by atoms with van der Waals surface area (Å²) in [7, 11) is 0. The van der Waals surface area contributed by atoms with Crippen LogP contribution >= 0.6 is 0 Å². The molecular weight excluding hydrogens is 573 g/mol. The van der Waals surface area contributed by atoms with Gasteiger partial charge in [-0.15, -0.1) is 0 Å². The Morgan fingerprint density at radius 3 is 2.55 bits per heavy atom. The number of allylic oxidation sites excluding steroid dienone is 12. The number of benzene rings is 2. The number of nitrogens with one attached hydrogen (secondary N) is 1. The third-order valence-electron chi connectivity index (χ3n) is 8.66. The zero-order valence-corrected chi connectivity index (χ0v) is 27.3. The minimum absolute atomic E-state index is 0.102. The zero-order valence-electron chi connectivity index (χ0n) is 27.3. The number of aromatic nitrogens is 1. The van der Waals surface area contributed by atoms with E-state index in [0.29, 0.717) is 5.92 Å². The van der Waals surface area contributed by atoms with Crippen LogP contribution in [-0.4, -0.2) is 22.1 Å². The van der Waals surface area contributed by atoms with Crippen molar-refractivity contribution in [3.8, 4) is 11.1 Å². The molecular formula is C43H42N4. The zero-order chi connectivity index (χ0) is 32.8. The lowest BCUT2D eigenvalue weighted by molar-refractivity contribution is 0.323. The van der Waals surface area contributed by atoms with Crippen molar-refractivity contribution in [1.29, 1.82) is 0 Å².